The number of benzene rings is 3. The van der Waals surface area contributed by atoms with Gasteiger partial charge in [-0.25, -0.2) is 5.06 Å². The van der Waals surface area contributed by atoms with E-state index in [1.165, 1.54) is 9.80 Å². The summed E-state index contributed by atoms with van der Waals surface area (Å²) in [5.74, 6) is -1.79. The van der Waals surface area contributed by atoms with Gasteiger partial charge in [0.15, 0.2) is 6.29 Å². The van der Waals surface area contributed by atoms with Gasteiger partial charge >= 0.3 is 5.97 Å². The minimum absolute atomic E-state index is 0.274. The number of amides is 2. The molecule has 0 fully saturated rings. The molecule has 10 nitrogen and oxygen atoms in total. The van der Waals surface area contributed by atoms with Crippen LogP contribution in [0.4, 0.5) is 11.4 Å². The summed E-state index contributed by atoms with van der Waals surface area (Å²) < 4.78 is 0. The molecule has 3 aromatic carbocycles. The van der Waals surface area contributed by atoms with Crippen molar-refractivity contribution in [3.63, 3.8) is 0 Å². The number of fused-ring (bicyclic) bond motifs is 1. The van der Waals surface area contributed by atoms with E-state index in [2.05, 4.69) is 4.99 Å². The average molecular weight is 568 g/mol. The van der Waals surface area contributed by atoms with Gasteiger partial charge in [-0.05, 0) is 61.2 Å². The first-order chi connectivity index (χ1) is 20.3. The molecule has 0 radical (unpaired) electrons. The van der Waals surface area contributed by atoms with Crippen LogP contribution in [0.15, 0.2) is 95.6 Å². The summed E-state index contributed by atoms with van der Waals surface area (Å²) in [4.78, 5) is 52.8. The molecule has 10 heteroatoms. The number of allylic oxidation sites excluding steroid dienone is 2. The van der Waals surface area contributed by atoms with E-state index in [4.69, 9.17) is 10.6 Å². The largest absolute Gasteiger partial charge is 0.481 e. The van der Waals surface area contributed by atoms with Crippen molar-refractivity contribution in [2.24, 2.45) is 10.7 Å². The standard InChI is InChI=1S/C32H33N5O5/c1-22-16-17-34-32(33)37(22)42-18-8-9-23-14-15-27-26(19-23)31(41)35(21-29(38)36(27)25-12-6-3-7-13-25)28(20-30(39)40)24-10-4-2-5-11-24/h2-7,10-17,19,28,32H,8-9,18,20-21,33H2,1H3,(H,39,40). The number of para-hydroxylation sites is 1. The van der Waals surface area contributed by atoms with Crippen molar-refractivity contribution < 1.29 is 24.3 Å². The second kappa shape index (κ2) is 12.8. The summed E-state index contributed by atoms with van der Waals surface area (Å²) in [6.45, 7) is 2.00. The van der Waals surface area contributed by atoms with Gasteiger partial charge in [0.1, 0.15) is 6.54 Å². The number of carbonyl (C=O) groups excluding carboxylic acids is 2. The van der Waals surface area contributed by atoms with Gasteiger partial charge in [-0.3, -0.25) is 34.8 Å². The first kappa shape index (κ1) is 28.7. The van der Waals surface area contributed by atoms with Crippen LogP contribution >= 0.6 is 0 Å². The second-order valence-electron chi connectivity index (χ2n) is 10.2. The van der Waals surface area contributed by atoms with Crippen molar-refractivity contribution in [2.45, 2.75) is 38.5 Å². The van der Waals surface area contributed by atoms with Crippen molar-refractivity contribution >= 4 is 35.4 Å². The average Bonchev–Trinajstić information content (AvgIpc) is 3.09. The molecule has 2 aliphatic heterocycles. The number of nitrogens with zero attached hydrogens (tertiary/aromatic N) is 4. The molecule has 0 aromatic heterocycles. The Morgan fingerprint density at radius 2 is 1.79 bits per heavy atom. The van der Waals surface area contributed by atoms with Crippen LogP contribution in [-0.4, -0.2) is 58.5 Å². The zero-order valence-electron chi connectivity index (χ0n) is 23.3. The van der Waals surface area contributed by atoms with E-state index in [0.29, 0.717) is 42.0 Å². The van der Waals surface area contributed by atoms with Gasteiger partial charge in [-0.15, -0.1) is 0 Å². The molecule has 2 atom stereocenters. The predicted molar refractivity (Wildman–Crippen MR) is 159 cm³/mol. The van der Waals surface area contributed by atoms with Crippen LogP contribution in [-0.2, 0) is 20.8 Å². The fraction of sp³-hybridized carbons (Fsp3) is 0.250. The molecule has 42 heavy (non-hydrogen) atoms. The molecule has 3 aromatic rings. The summed E-state index contributed by atoms with van der Waals surface area (Å²) in [5, 5.41) is 11.3. The van der Waals surface area contributed by atoms with Crippen LogP contribution in [0.5, 0.6) is 0 Å². The maximum absolute atomic E-state index is 14.2. The van der Waals surface area contributed by atoms with E-state index in [-0.39, 0.29) is 18.9 Å². The topological polar surface area (TPSA) is 129 Å². The predicted octanol–water partition coefficient (Wildman–Crippen LogP) is 4.42. The molecule has 0 aliphatic carbocycles. The number of hydrogen-bond donors (Lipinski definition) is 2. The first-order valence-electron chi connectivity index (χ1n) is 13.8. The Morgan fingerprint density at radius 1 is 1.07 bits per heavy atom. The van der Waals surface area contributed by atoms with Crippen LogP contribution in [0.3, 0.4) is 0 Å². The lowest BCUT2D eigenvalue weighted by atomic mass is 9.99. The Morgan fingerprint density at radius 3 is 2.48 bits per heavy atom. The van der Waals surface area contributed by atoms with E-state index < -0.39 is 24.2 Å². The summed E-state index contributed by atoms with van der Waals surface area (Å²) in [5.41, 5.74) is 9.80. The number of hydroxylamine groups is 2. The highest BCUT2D eigenvalue weighted by molar-refractivity contribution is 6.13. The molecule has 2 heterocycles. The first-order valence-corrected chi connectivity index (χ1v) is 13.8. The number of aliphatic imine (C=N–C) groups is 1. The maximum Gasteiger partial charge on any atom is 0.305 e. The molecule has 0 spiro atoms. The van der Waals surface area contributed by atoms with Crippen molar-refractivity contribution in [2.75, 3.05) is 18.1 Å². The van der Waals surface area contributed by atoms with Crippen molar-refractivity contribution in [3.05, 3.63) is 107 Å². The molecule has 2 amide bonds. The van der Waals surface area contributed by atoms with E-state index in [9.17, 15) is 19.5 Å². The molecule has 5 rings (SSSR count). The zero-order chi connectivity index (χ0) is 29.6. The highest BCUT2D eigenvalue weighted by Gasteiger charge is 2.37. The third-order valence-electron chi connectivity index (χ3n) is 7.27. The molecular weight excluding hydrogens is 534 g/mol. The maximum atomic E-state index is 14.2. The molecule has 2 aliphatic rings. The van der Waals surface area contributed by atoms with Gasteiger partial charge in [0.2, 0.25) is 0 Å². The normalized spacial score (nSPS) is 17.5. The molecule has 2 unspecified atom stereocenters. The quantitative estimate of drug-likeness (QED) is 0.347. The van der Waals surface area contributed by atoms with Crippen LogP contribution in [0, 0.1) is 0 Å². The van der Waals surface area contributed by atoms with E-state index in [1.807, 2.05) is 55.5 Å². The van der Waals surface area contributed by atoms with E-state index >= 15 is 0 Å². The van der Waals surface area contributed by atoms with Crippen molar-refractivity contribution in [1.29, 1.82) is 0 Å². The number of carboxylic acid groups (broad SMARTS) is 1. The SMILES string of the molecule is CC1=CC=NC(N)N1OCCCc1ccc2c(c1)C(=O)N(C(CC(=O)O)c1ccccc1)CC(=O)N2c1ccccc1. The molecule has 0 saturated carbocycles. The van der Waals surface area contributed by atoms with Gasteiger partial charge in [0.05, 0.1) is 30.3 Å². The van der Waals surface area contributed by atoms with Gasteiger partial charge in [-0.1, -0.05) is 54.6 Å². The molecule has 0 saturated heterocycles. The number of anilines is 2. The highest BCUT2D eigenvalue weighted by atomic mass is 16.7. The number of carbonyl (C=O) groups is 3. The van der Waals surface area contributed by atoms with Crippen LogP contribution in [0.25, 0.3) is 0 Å². The Hall–Kier alpha value is -4.80. The summed E-state index contributed by atoms with van der Waals surface area (Å²) >= 11 is 0. The number of carboxylic acids is 1. The smallest absolute Gasteiger partial charge is 0.305 e. The number of nitrogens with two attached hydrogens (primary N) is 1. The van der Waals surface area contributed by atoms with Gasteiger partial charge in [-0.2, -0.15) is 0 Å². The van der Waals surface area contributed by atoms with Gasteiger partial charge in [0.25, 0.3) is 11.8 Å². The van der Waals surface area contributed by atoms with E-state index in [0.717, 1.165) is 11.3 Å². The van der Waals surface area contributed by atoms with Crippen molar-refractivity contribution in [1.82, 2.24) is 9.96 Å². The Labute approximate surface area is 244 Å². The monoisotopic (exact) mass is 567 g/mol. The summed E-state index contributed by atoms with van der Waals surface area (Å²) in [6, 6.07) is 22.7. The minimum Gasteiger partial charge on any atom is -0.481 e. The Bertz CT molecular complexity index is 1510. The number of hydrogen-bond acceptors (Lipinski definition) is 7. The van der Waals surface area contributed by atoms with Gasteiger partial charge < -0.3 is 10.0 Å². The van der Waals surface area contributed by atoms with Gasteiger partial charge in [0, 0.05) is 17.6 Å². The van der Waals surface area contributed by atoms with Crippen LogP contribution < -0.4 is 10.6 Å². The Balaban J connectivity index is 1.45. The third kappa shape index (κ3) is 6.24. The number of aryl methyl sites for hydroxylation is 1. The second-order valence-corrected chi connectivity index (χ2v) is 10.2. The lowest BCUT2D eigenvalue weighted by Gasteiger charge is -2.30. The summed E-state index contributed by atoms with van der Waals surface area (Å²) in [6.07, 6.45) is 3.78. The van der Waals surface area contributed by atoms with E-state index in [1.54, 1.807) is 47.7 Å². The molecular formula is C32H33N5O5. The lowest BCUT2D eigenvalue weighted by molar-refractivity contribution is -0.157. The fourth-order valence-electron chi connectivity index (χ4n) is 5.24. The number of aliphatic carboxylic acids is 1. The minimum atomic E-state index is -1.06. The lowest BCUT2D eigenvalue weighted by Crippen LogP contribution is -2.41. The molecule has 0 bridgehead atoms. The van der Waals surface area contributed by atoms with Crippen molar-refractivity contribution in [3.8, 4) is 0 Å². The highest BCUT2D eigenvalue weighted by Crippen LogP contribution is 2.36. The zero-order valence-corrected chi connectivity index (χ0v) is 23.3. The number of rotatable bonds is 10. The molecule has 3 N–H and O–H groups in total. The van der Waals surface area contributed by atoms with Crippen LogP contribution in [0.2, 0.25) is 0 Å². The summed E-state index contributed by atoms with van der Waals surface area (Å²) in [7, 11) is 0. The van der Waals surface area contributed by atoms with Crippen LogP contribution in [0.1, 0.15) is 47.3 Å². The molecule has 216 valence electrons. The third-order valence-corrected chi connectivity index (χ3v) is 7.27. The fourth-order valence-corrected chi connectivity index (χ4v) is 5.24. The Kier molecular flexibility index (Phi) is 8.75.